The van der Waals surface area contributed by atoms with Crippen LogP contribution >= 0.6 is 0 Å². The largest absolute Gasteiger partial charge is 0.320 e. The van der Waals surface area contributed by atoms with Gasteiger partial charge in [-0.1, -0.05) is 42.5 Å². The lowest BCUT2D eigenvalue weighted by atomic mass is 10.0. The van der Waals surface area contributed by atoms with Crippen molar-refractivity contribution in [3.05, 3.63) is 48.0 Å². The molecule has 0 saturated heterocycles. The summed E-state index contributed by atoms with van der Waals surface area (Å²) in [5.41, 5.74) is 1.46. The van der Waals surface area contributed by atoms with E-state index in [9.17, 15) is 0 Å². The maximum Gasteiger partial charge on any atom is 0.00190 e. The molecule has 0 spiro atoms. The zero-order valence-corrected chi connectivity index (χ0v) is 12.0. The average molecular weight is 256 g/mol. The molecule has 0 heterocycles. The van der Waals surface area contributed by atoms with E-state index in [0.29, 0.717) is 0 Å². The first-order valence-electron chi connectivity index (χ1n) is 7.11. The number of rotatable bonds is 7. The van der Waals surface area contributed by atoms with Crippen molar-refractivity contribution < 1.29 is 0 Å². The molecule has 1 N–H and O–H groups in total. The van der Waals surface area contributed by atoms with Gasteiger partial charge < -0.3 is 10.2 Å². The Hall–Kier alpha value is -1.38. The van der Waals surface area contributed by atoms with Crippen LogP contribution in [0.25, 0.3) is 10.8 Å². The van der Waals surface area contributed by atoms with E-state index in [1.54, 1.807) is 0 Å². The monoisotopic (exact) mass is 256 g/mol. The second kappa shape index (κ2) is 7.27. The van der Waals surface area contributed by atoms with Gasteiger partial charge in [0.1, 0.15) is 0 Å². The zero-order chi connectivity index (χ0) is 13.5. The molecule has 2 aromatic rings. The number of fused-ring (bicyclic) bond motifs is 1. The Morgan fingerprint density at radius 2 is 1.79 bits per heavy atom. The van der Waals surface area contributed by atoms with Crippen LogP contribution in [-0.2, 0) is 6.42 Å². The summed E-state index contributed by atoms with van der Waals surface area (Å²) in [5.74, 6) is 0. The van der Waals surface area contributed by atoms with Crippen LogP contribution in [0.5, 0.6) is 0 Å². The van der Waals surface area contributed by atoms with Gasteiger partial charge in [-0.05, 0) is 56.4 Å². The molecule has 0 amide bonds. The quantitative estimate of drug-likeness (QED) is 0.766. The summed E-state index contributed by atoms with van der Waals surface area (Å²) in [4.78, 5) is 2.42. The van der Waals surface area contributed by atoms with E-state index in [1.807, 2.05) is 7.05 Å². The molecule has 102 valence electrons. The molecular formula is C17H24N2. The van der Waals surface area contributed by atoms with Crippen LogP contribution in [0, 0.1) is 0 Å². The first-order valence-corrected chi connectivity index (χ1v) is 7.11. The van der Waals surface area contributed by atoms with Gasteiger partial charge in [0.15, 0.2) is 0 Å². The molecule has 0 unspecified atom stereocenters. The minimum absolute atomic E-state index is 1.10. The molecule has 2 nitrogen and oxygen atoms in total. The molecule has 2 heteroatoms. The molecule has 0 radical (unpaired) electrons. The fraction of sp³-hybridized carbons (Fsp3) is 0.412. The molecule has 0 bridgehead atoms. The number of nitrogens with zero attached hydrogens (tertiary/aromatic N) is 1. The van der Waals surface area contributed by atoms with E-state index >= 15 is 0 Å². The Bertz CT molecular complexity index is 502. The van der Waals surface area contributed by atoms with Gasteiger partial charge in [0, 0.05) is 6.54 Å². The predicted molar refractivity (Wildman–Crippen MR) is 83.7 cm³/mol. The molecule has 0 aliphatic rings. The van der Waals surface area contributed by atoms with Crippen LogP contribution in [0.15, 0.2) is 42.5 Å². The highest BCUT2D eigenvalue weighted by molar-refractivity contribution is 5.85. The molecule has 0 saturated carbocycles. The molecule has 2 rings (SSSR count). The highest BCUT2D eigenvalue weighted by atomic mass is 15.1. The van der Waals surface area contributed by atoms with Crippen molar-refractivity contribution in [2.45, 2.75) is 12.8 Å². The first kappa shape index (κ1) is 14.0. The summed E-state index contributed by atoms with van der Waals surface area (Å²) < 4.78 is 0. The number of benzene rings is 2. The molecule has 2 aromatic carbocycles. The van der Waals surface area contributed by atoms with Gasteiger partial charge in [-0.3, -0.25) is 0 Å². The molecule has 19 heavy (non-hydrogen) atoms. The van der Waals surface area contributed by atoms with Crippen molar-refractivity contribution in [1.29, 1.82) is 0 Å². The van der Waals surface area contributed by atoms with Gasteiger partial charge in [-0.25, -0.2) is 0 Å². The fourth-order valence-corrected chi connectivity index (χ4v) is 2.46. The number of nitrogens with one attached hydrogen (secondary N) is 1. The van der Waals surface area contributed by atoms with Crippen molar-refractivity contribution in [1.82, 2.24) is 10.2 Å². The number of likely N-dealkylation sites (N-methyl/N-ethyl adjacent to an activating group) is 1. The standard InChI is InChI=1S/C17H24N2/c1-18-12-6-13-19(2)14-11-16-9-5-8-15-7-3-4-10-17(15)16/h3-5,7-10,18H,6,11-14H2,1-2H3. The van der Waals surface area contributed by atoms with Crippen molar-refractivity contribution >= 4 is 10.8 Å². The normalized spacial score (nSPS) is 11.3. The molecular weight excluding hydrogens is 232 g/mol. The van der Waals surface area contributed by atoms with Crippen molar-refractivity contribution in [3.63, 3.8) is 0 Å². The lowest BCUT2D eigenvalue weighted by molar-refractivity contribution is 0.333. The van der Waals surface area contributed by atoms with E-state index in [-0.39, 0.29) is 0 Å². The lowest BCUT2D eigenvalue weighted by Crippen LogP contribution is -2.25. The van der Waals surface area contributed by atoms with Gasteiger partial charge in [-0.2, -0.15) is 0 Å². The summed E-state index contributed by atoms with van der Waals surface area (Å²) in [6.45, 7) is 3.38. The van der Waals surface area contributed by atoms with Gasteiger partial charge in [0.05, 0.1) is 0 Å². The molecule has 0 fully saturated rings. The van der Waals surface area contributed by atoms with E-state index in [2.05, 4.69) is 59.7 Å². The smallest absolute Gasteiger partial charge is 0.00190 e. The number of hydrogen-bond donors (Lipinski definition) is 1. The molecule has 0 aromatic heterocycles. The minimum atomic E-state index is 1.10. The van der Waals surface area contributed by atoms with Crippen LogP contribution < -0.4 is 5.32 Å². The van der Waals surface area contributed by atoms with Crippen LogP contribution in [0.2, 0.25) is 0 Å². The van der Waals surface area contributed by atoms with E-state index in [1.165, 1.54) is 22.8 Å². The molecule has 0 atom stereocenters. The van der Waals surface area contributed by atoms with Gasteiger partial charge in [0.25, 0.3) is 0 Å². The second-order valence-electron chi connectivity index (χ2n) is 5.15. The Morgan fingerprint density at radius 1 is 1.00 bits per heavy atom. The van der Waals surface area contributed by atoms with E-state index < -0.39 is 0 Å². The van der Waals surface area contributed by atoms with Gasteiger partial charge in [0.2, 0.25) is 0 Å². The third-order valence-corrected chi connectivity index (χ3v) is 3.61. The molecule has 0 aliphatic carbocycles. The maximum absolute atomic E-state index is 3.19. The third-order valence-electron chi connectivity index (χ3n) is 3.61. The molecule has 0 aliphatic heterocycles. The summed E-state index contributed by atoms with van der Waals surface area (Å²) in [6.07, 6.45) is 2.33. The third kappa shape index (κ3) is 4.05. The van der Waals surface area contributed by atoms with Crippen LogP contribution in [0.3, 0.4) is 0 Å². The Labute approximate surface area is 116 Å². The van der Waals surface area contributed by atoms with E-state index in [4.69, 9.17) is 0 Å². The first-order chi connectivity index (χ1) is 9.31. The van der Waals surface area contributed by atoms with Crippen LogP contribution in [-0.4, -0.2) is 38.6 Å². The minimum Gasteiger partial charge on any atom is -0.320 e. The highest BCUT2D eigenvalue weighted by Crippen LogP contribution is 2.18. The maximum atomic E-state index is 3.19. The Balaban J connectivity index is 1.94. The van der Waals surface area contributed by atoms with Gasteiger partial charge >= 0.3 is 0 Å². The summed E-state index contributed by atoms with van der Waals surface area (Å²) >= 11 is 0. The van der Waals surface area contributed by atoms with Gasteiger partial charge in [-0.15, -0.1) is 0 Å². The lowest BCUT2D eigenvalue weighted by Gasteiger charge is -2.17. The Kier molecular flexibility index (Phi) is 5.37. The van der Waals surface area contributed by atoms with Crippen molar-refractivity contribution in [2.24, 2.45) is 0 Å². The highest BCUT2D eigenvalue weighted by Gasteiger charge is 2.02. The predicted octanol–water partition coefficient (Wildman–Crippen LogP) is 2.92. The Morgan fingerprint density at radius 3 is 2.63 bits per heavy atom. The summed E-state index contributed by atoms with van der Waals surface area (Å²) in [5, 5.41) is 5.94. The topological polar surface area (TPSA) is 15.3 Å². The zero-order valence-electron chi connectivity index (χ0n) is 12.0. The van der Waals surface area contributed by atoms with Crippen LogP contribution in [0.1, 0.15) is 12.0 Å². The fourth-order valence-electron chi connectivity index (χ4n) is 2.46. The number of hydrogen-bond acceptors (Lipinski definition) is 2. The average Bonchev–Trinajstić information content (AvgIpc) is 2.45. The summed E-state index contributed by atoms with van der Waals surface area (Å²) in [7, 11) is 4.22. The van der Waals surface area contributed by atoms with Crippen molar-refractivity contribution in [2.75, 3.05) is 33.7 Å². The van der Waals surface area contributed by atoms with E-state index in [0.717, 1.165) is 26.1 Å². The summed E-state index contributed by atoms with van der Waals surface area (Å²) in [6, 6.07) is 15.3. The van der Waals surface area contributed by atoms with Crippen LogP contribution in [0.4, 0.5) is 0 Å². The van der Waals surface area contributed by atoms with Crippen molar-refractivity contribution in [3.8, 4) is 0 Å². The SMILES string of the molecule is CNCCCN(C)CCc1cccc2ccccc12. The second-order valence-corrected chi connectivity index (χ2v) is 5.15.